The minimum Gasteiger partial charge on any atom is -0.449 e. The molecule has 4 N–H and O–H groups in total. The number of aliphatic hydroxyl groups is 3. The maximum Gasteiger partial charge on any atom is 0.412 e. The van der Waals surface area contributed by atoms with Gasteiger partial charge in [-0.1, -0.05) is 13.8 Å². The number of carbonyl (C=O) groups excluding carboxylic acids is 1. The smallest absolute Gasteiger partial charge is 0.412 e. The van der Waals surface area contributed by atoms with Gasteiger partial charge in [-0.15, -0.1) is 0 Å². The zero-order valence-electron chi connectivity index (χ0n) is 14.3. The van der Waals surface area contributed by atoms with Gasteiger partial charge in [-0.05, 0) is 12.3 Å². The highest BCUT2D eigenvalue weighted by atomic mass is 19.1. The van der Waals surface area contributed by atoms with Gasteiger partial charge in [0.15, 0.2) is 17.9 Å². The van der Waals surface area contributed by atoms with Crippen molar-refractivity contribution in [3.8, 4) is 0 Å². The zero-order chi connectivity index (χ0) is 19.4. The van der Waals surface area contributed by atoms with Crippen molar-refractivity contribution in [2.45, 2.75) is 44.8 Å². The lowest BCUT2D eigenvalue weighted by Gasteiger charge is -2.17. The topological polar surface area (TPSA) is 143 Å². The maximum absolute atomic E-state index is 14.2. The molecule has 1 aliphatic rings. The Kier molecular flexibility index (Phi) is 6.64. The summed E-state index contributed by atoms with van der Waals surface area (Å²) in [6.07, 6.45) is -5.22. The molecule has 1 unspecified atom stereocenters. The molecule has 0 radical (unpaired) electrons. The van der Waals surface area contributed by atoms with Crippen molar-refractivity contribution >= 4 is 11.9 Å². The van der Waals surface area contributed by atoms with Gasteiger partial charge in [-0.3, -0.25) is 9.88 Å². The maximum atomic E-state index is 14.2. The Morgan fingerprint density at radius 1 is 1.46 bits per heavy atom. The third kappa shape index (κ3) is 4.55. The Morgan fingerprint density at radius 2 is 2.15 bits per heavy atom. The summed E-state index contributed by atoms with van der Waals surface area (Å²) in [7, 11) is 0. The first-order valence-corrected chi connectivity index (χ1v) is 8.09. The molecule has 0 bridgehead atoms. The molecule has 1 aromatic heterocycles. The first kappa shape index (κ1) is 20.2. The Hall–Kier alpha value is -2.08. The number of hydrogen-bond donors (Lipinski definition) is 4. The molecule has 2 rings (SSSR count). The van der Waals surface area contributed by atoms with E-state index in [-0.39, 0.29) is 6.61 Å². The molecule has 11 heteroatoms. The number of nitrogens with zero attached hydrogens (tertiary/aromatic N) is 2. The molecule has 4 atom stereocenters. The SMILES string of the molecule is CC(C)CCOC(=O)Nc1nc(=O)n(C2O[C@H](CO)[C@@H](O)[C@H]2O)cc1F. The summed E-state index contributed by atoms with van der Waals surface area (Å²) in [5.74, 6) is -1.38. The third-order valence-corrected chi connectivity index (χ3v) is 3.85. The van der Waals surface area contributed by atoms with Crippen LogP contribution in [0.25, 0.3) is 0 Å². The van der Waals surface area contributed by atoms with Crippen molar-refractivity contribution < 1.29 is 34.0 Å². The predicted octanol–water partition coefficient (Wildman–Crippen LogP) is -0.411. The van der Waals surface area contributed by atoms with Crippen molar-refractivity contribution in [1.82, 2.24) is 9.55 Å². The number of halogens is 1. The predicted molar refractivity (Wildman–Crippen MR) is 85.9 cm³/mol. The standard InChI is InChI=1S/C15H22FN3O7/c1-7(2)3-4-25-15(24)18-12-8(16)5-19(14(23)17-12)13-11(22)10(21)9(6-20)26-13/h5,7,9-11,13,20-22H,3-4,6H2,1-2H3,(H,17,18,23,24)/t9-,10-,11-,13?/m1/s1. The molecule has 0 aromatic carbocycles. The van der Waals surface area contributed by atoms with Gasteiger partial charge in [0.1, 0.15) is 18.3 Å². The van der Waals surface area contributed by atoms with E-state index in [1.54, 1.807) is 0 Å². The Bertz CT molecular complexity index is 696. The lowest BCUT2D eigenvalue weighted by atomic mass is 10.1. The fourth-order valence-electron chi connectivity index (χ4n) is 2.35. The molecule has 1 fully saturated rings. The van der Waals surface area contributed by atoms with Crippen LogP contribution in [0.2, 0.25) is 0 Å². The Morgan fingerprint density at radius 3 is 2.73 bits per heavy atom. The normalized spacial score (nSPS) is 25.5. The van der Waals surface area contributed by atoms with Crippen molar-refractivity contribution in [3.63, 3.8) is 0 Å². The van der Waals surface area contributed by atoms with E-state index in [2.05, 4.69) is 4.98 Å². The molecular formula is C15H22FN3O7. The number of hydrogen-bond acceptors (Lipinski definition) is 8. The molecule has 0 spiro atoms. The summed E-state index contributed by atoms with van der Waals surface area (Å²) in [5, 5.41) is 30.7. The largest absolute Gasteiger partial charge is 0.449 e. The molecule has 2 heterocycles. The summed E-state index contributed by atoms with van der Waals surface area (Å²) in [4.78, 5) is 27.1. The molecule has 0 saturated carbocycles. The van der Waals surface area contributed by atoms with Crippen LogP contribution in [-0.4, -0.2) is 62.5 Å². The number of nitrogens with one attached hydrogen (secondary N) is 1. The highest BCUT2D eigenvalue weighted by molar-refractivity contribution is 5.83. The summed E-state index contributed by atoms with van der Waals surface area (Å²) in [6, 6.07) is 0. The van der Waals surface area contributed by atoms with Gasteiger partial charge in [0, 0.05) is 0 Å². The molecule has 146 valence electrons. The molecule has 1 aromatic rings. The molecule has 1 aliphatic heterocycles. The Balaban J connectivity index is 2.11. The second-order valence-corrected chi connectivity index (χ2v) is 6.30. The van der Waals surface area contributed by atoms with E-state index in [1.165, 1.54) is 0 Å². The second kappa shape index (κ2) is 8.54. The number of anilines is 1. The van der Waals surface area contributed by atoms with E-state index >= 15 is 0 Å². The number of aromatic nitrogens is 2. The monoisotopic (exact) mass is 375 g/mol. The fraction of sp³-hybridized carbons (Fsp3) is 0.667. The van der Waals surface area contributed by atoms with E-state index in [1.807, 2.05) is 19.2 Å². The van der Waals surface area contributed by atoms with E-state index in [0.717, 1.165) is 0 Å². The third-order valence-electron chi connectivity index (χ3n) is 3.85. The van der Waals surface area contributed by atoms with Gasteiger partial charge >= 0.3 is 11.8 Å². The number of ether oxygens (including phenoxy) is 2. The van der Waals surface area contributed by atoms with Gasteiger partial charge in [0.2, 0.25) is 0 Å². The summed E-state index contributed by atoms with van der Waals surface area (Å²) < 4.78 is 24.8. The number of carbonyl (C=O) groups is 1. The molecular weight excluding hydrogens is 353 g/mol. The molecule has 26 heavy (non-hydrogen) atoms. The van der Waals surface area contributed by atoms with Crippen molar-refractivity contribution in [1.29, 1.82) is 0 Å². The van der Waals surface area contributed by atoms with Crippen molar-refractivity contribution in [2.75, 3.05) is 18.5 Å². The van der Waals surface area contributed by atoms with Crippen LogP contribution in [0.15, 0.2) is 11.0 Å². The summed E-state index contributed by atoms with van der Waals surface area (Å²) in [5.41, 5.74) is -1.03. The first-order valence-electron chi connectivity index (χ1n) is 8.09. The van der Waals surface area contributed by atoms with E-state index in [0.29, 0.717) is 23.1 Å². The molecule has 1 saturated heterocycles. The highest BCUT2D eigenvalue weighted by Crippen LogP contribution is 2.28. The highest BCUT2D eigenvalue weighted by Gasteiger charge is 2.44. The van der Waals surface area contributed by atoms with Crippen LogP contribution in [0.5, 0.6) is 0 Å². The fourth-order valence-corrected chi connectivity index (χ4v) is 2.35. The number of aliphatic hydroxyl groups excluding tert-OH is 3. The lowest BCUT2D eigenvalue weighted by molar-refractivity contribution is -0.0553. The van der Waals surface area contributed by atoms with Gasteiger partial charge in [0.05, 0.1) is 19.4 Å². The van der Waals surface area contributed by atoms with E-state index < -0.39 is 54.6 Å². The van der Waals surface area contributed by atoms with Gasteiger partial charge < -0.3 is 24.8 Å². The van der Waals surface area contributed by atoms with Gasteiger partial charge in [-0.2, -0.15) is 4.98 Å². The average molecular weight is 375 g/mol. The van der Waals surface area contributed by atoms with Crippen LogP contribution in [0.3, 0.4) is 0 Å². The quantitative estimate of drug-likeness (QED) is 0.525. The summed E-state index contributed by atoms with van der Waals surface area (Å²) in [6.45, 7) is 3.42. The van der Waals surface area contributed by atoms with E-state index in [9.17, 15) is 24.2 Å². The zero-order valence-corrected chi connectivity index (χ0v) is 14.3. The van der Waals surface area contributed by atoms with Crippen LogP contribution in [0.1, 0.15) is 26.5 Å². The molecule has 1 amide bonds. The average Bonchev–Trinajstić information content (AvgIpc) is 2.85. The van der Waals surface area contributed by atoms with Crippen molar-refractivity contribution in [2.24, 2.45) is 5.92 Å². The van der Waals surface area contributed by atoms with Crippen LogP contribution < -0.4 is 11.0 Å². The summed E-state index contributed by atoms with van der Waals surface area (Å²) >= 11 is 0. The van der Waals surface area contributed by atoms with Crippen LogP contribution in [0.4, 0.5) is 15.0 Å². The minimum atomic E-state index is -1.56. The Labute approximate surface area is 148 Å². The van der Waals surface area contributed by atoms with Crippen molar-refractivity contribution in [3.05, 3.63) is 22.5 Å². The van der Waals surface area contributed by atoms with Gasteiger partial charge in [0.25, 0.3) is 0 Å². The van der Waals surface area contributed by atoms with E-state index in [4.69, 9.17) is 14.6 Å². The minimum absolute atomic E-state index is 0.130. The second-order valence-electron chi connectivity index (χ2n) is 6.30. The number of amides is 1. The van der Waals surface area contributed by atoms with Crippen LogP contribution in [-0.2, 0) is 9.47 Å². The molecule has 10 nitrogen and oxygen atoms in total. The van der Waals surface area contributed by atoms with Crippen LogP contribution in [0, 0.1) is 11.7 Å². The molecule has 0 aliphatic carbocycles. The first-order chi connectivity index (χ1) is 12.2. The van der Waals surface area contributed by atoms with Crippen LogP contribution >= 0.6 is 0 Å². The van der Waals surface area contributed by atoms with Gasteiger partial charge in [-0.25, -0.2) is 14.0 Å². The lowest BCUT2D eigenvalue weighted by Crippen LogP contribution is -2.36. The number of rotatable bonds is 6.